The molecule has 1 unspecified atom stereocenters. The number of nitrogens with zero attached hydrogens (tertiary/aromatic N) is 1. The molecular formula is C44H73NO11. The maximum Gasteiger partial charge on any atom is 0.329 e. The summed E-state index contributed by atoms with van der Waals surface area (Å²) in [6, 6.07) is -0.995. The number of carbonyl (C=O) groups excluding carboxylic acids is 4. The van der Waals surface area contributed by atoms with Gasteiger partial charge in [0.1, 0.15) is 24.0 Å². The van der Waals surface area contributed by atoms with Crippen molar-refractivity contribution in [1.29, 1.82) is 0 Å². The van der Waals surface area contributed by atoms with E-state index >= 15 is 0 Å². The second-order valence-electron chi connectivity index (χ2n) is 17.3. The molecule has 3 rings (SSSR count). The average molecular weight is 792 g/mol. The number of carbonyl (C=O) groups is 4. The number of allylic oxidation sites excluding steroid dienone is 3. The van der Waals surface area contributed by atoms with Crippen molar-refractivity contribution in [1.82, 2.24) is 4.90 Å². The van der Waals surface area contributed by atoms with Crippen molar-refractivity contribution in [3.63, 3.8) is 0 Å². The van der Waals surface area contributed by atoms with Crippen LogP contribution in [0.4, 0.5) is 0 Å². The maximum absolute atomic E-state index is 14.2. The molecule has 2 saturated heterocycles. The van der Waals surface area contributed by atoms with Crippen LogP contribution >= 0.6 is 0 Å². The van der Waals surface area contributed by atoms with Crippen molar-refractivity contribution in [2.75, 3.05) is 27.9 Å². The first-order valence-electron chi connectivity index (χ1n) is 21.0. The number of amides is 1. The van der Waals surface area contributed by atoms with E-state index in [2.05, 4.69) is 26.0 Å². The van der Waals surface area contributed by atoms with Crippen LogP contribution in [0.5, 0.6) is 0 Å². The van der Waals surface area contributed by atoms with Gasteiger partial charge in [-0.05, 0) is 108 Å². The minimum atomic E-state index is -2.47. The summed E-state index contributed by atoms with van der Waals surface area (Å²) in [5, 5.41) is 22.3. The highest BCUT2D eigenvalue weighted by Gasteiger charge is 2.56. The normalized spacial score (nSPS) is 31.4. The highest BCUT2D eigenvalue weighted by molar-refractivity contribution is 6.39. The van der Waals surface area contributed by atoms with E-state index in [1.54, 1.807) is 35.2 Å². The molecule has 1 saturated carbocycles. The van der Waals surface area contributed by atoms with Crippen LogP contribution in [-0.4, -0.2) is 115 Å². The number of Topliss-reactive ketones (excluding diaryl/α,β-unsaturated/α-hetero) is 2. The number of ketones is 2. The monoisotopic (exact) mass is 792 g/mol. The molecule has 0 aromatic carbocycles. The fourth-order valence-electron chi connectivity index (χ4n) is 9.06. The fourth-order valence-corrected chi connectivity index (χ4v) is 9.06. The number of hydrogen-bond donors (Lipinski definition) is 2. The van der Waals surface area contributed by atoms with E-state index in [4.69, 9.17) is 23.7 Å². The first-order valence-corrected chi connectivity index (χ1v) is 21.0. The summed E-state index contributed by atoms with van der Waals surface area (Å²) < 4.78 is 29.6. The third-order valence-corrected chi connectivity index (χ3v) is 12.3. The lowest BCUT2D eigenvalue weighted by Crippen LogP contribution is -2.64. The van der Waals surface area contributed by atoms with Crippen LogP contribution in [0.15, 0.2) is 23.3 Å². The number of rotatable bonds is 19. The van der Waals surface area contributed by atoms with Gasteiger partial charge in [-0.2, -0.15) is 0 Å². The van der Waals surface area contributed by atoms with Crippen molar-refractivity contribution < 1.29 is 53.1 Å². The predicted molar refractivity (Wildman–Crippen MR) is 213 cm³/mol. The number of aliphatic hydroxyl groups is 2. The molecule has 0 spiro atoms. The van der Waals surface area contributed by atoms with Gasteiger partial charge in [-0.3, -0.25) is 14.4 Å². The van der Waals surface area contributed by atoms with Crippen LogP contribution in [-0.2, 0) is 42.9 Å². The van der Waals surface area contributed by atoms with E-state index in [0.29, 0.717) is 44.9 Å². The number of ether oxygens (including phenoxy) is 5. The van der Waals surface area contributed by atoms with E-state index < -0.39 is 65.9 Å². The lowest BCUT2D eigenvalue weighted by Gasteiger charge is -2.47. The first-order chi connectivity index (χ1) is 26.4. The number of esters is 1. The van der Waals surface area contributed by atoms with Crippen molar-refractivity contribution in [3.8, 4) is 0 Å². The molecule has 12 atom stereocenters. The minimum absolute atomic E-state index is 0.0604. The molecular weight excluding hydrogens is 718 g/mol. The van der Waals surface area contributed by atoms with Crippen LogP contribution in [0, 0.1) is 29.6 Å². The summed E-state index contributed by atoms with van der Waals surface area (Å²) in [5.74, 6) is -5.73. The molecule has 12 heteroatoms. The molecule has 0 radical (unpaired) electrons. The Morgan fingerprint density at radius 2 is 1.64 bits per heavy atom. The summed E-state index contributed by atoms with van der Waals surface area (Å²) in [5.41, 5.74) is 1.99. The van der Waals surface area contributed by atoms with E-state index in [9.17, 15) is 29.4 Å². The van der Waals surface area contributed by atoms with Crippen LogP contribution in [0.3, 0.4) is 0 Å². The molecule has 1 aliphatic carbocycles. The Labute approximate surface area is 336 Å². The molecule has 1 amide bonds. The molecule has 0 aromatic heterocycles. The second kappa shape index (κ2) is 22.0. The van der Waals surface area contributed by atoms with Crippen molar-refractivity contribution in [3.05, 3.63) is 23.3 Å². The van der Waals surface area contributed by atoms with Crippen molar-refractivity contribution in [2.45, 2.75) is 174 Å². The quantitative estimate of drug-likeness (QED) is 0.0880. The Morgan fingerprint density at radius 3 is 2.23 bits per heavy atom. The fraction of sp³-hybridized carbons (Fsp3) is 0.818. The van der Waals surface area contributed by atoms with Gasteiger partial charge in [0.2, 0.25) is 5.79 Å². The van der Waals surface area contributed by atoms with Crippen molar-refractivity contribution >= 4 is 23.4 Å². The summed E-state index contributed by atoms with van der Waals surface area (Å²) in [7, 11) is 4.70. The van der Waals surface area contributed by atoms with Crippen LogP contribution in [0.2, 0.25) is 0 Å². The highest BCUT2D eigenvalue weighted by Crippen LogP contribution is 2.39. The Hall–Kier alpha value is -2.48. The van der Waals surface area contributed by atoms with Gasteiger partial charge in [-0.1, -0.05) is 58.8 Å². The van der Waals surface area contributed by atoms with Gasteiger partial charge >= 0.3 is 5.97 Å². The Balaban J connectivity index is 1.78. The SMILES string of the molecule is CCC[C@H](/C=C(\C)C[C@H](C)C[C@H](OC)C1O[C@@](O)(C(=O)C(=O)N2CCCC[C@H]2C(=O)O[C@H](/C(C)=C/[C@@H]2CC[C@@H](O)[C@H](OC)C2)C(C)C)[C@H](C)C[C@@H]1OC)C(C)=O. The molecule has 0 aromatic rings. The summed E-state index contributed by atoms with van der Waals surface area (Å²) >= 11 is 0. The molecule has 2 heterocycles. The minimum Gasteiger partial charge on any atom is -0.456 e. The van der Waals surface area contributed by atoms with Gasteiger partial charge in [0.15, 0.2) is 0 Å². The predicted octanol–water partition coefficient (Wildman–Crippen LogP) is 6.14. The molecule has 3 aliphatic rings. The Bertz CT molecular complexity index is 1380. The number of aliphatic hydroxyl groups excluding tert-OH is 1. The first kappa shape index (κ1) is 47.9. The number of methoxy groups -OCH3 is 3. The van der Waals surface area contributed by atoms with Gasteiger partial charge in [-0.15, -0.1) is 0 Å². The molecule has 3 fully saturated rings. The number of likely N-dealkylation sites (tertiary alicyclic amines) is 1. The zero-order chi connectivity index (χ0) is 41.9. The molecule has 2 N–H and O–H groups in total. The van der Waals surface area contributed by atoms with Gasteiger partial charge in [0, 0.05) is 39.7 Å². The summed E-state index contributed by atoms with van der Waals surface area (Å²) in [6.45, 7) is 15.5. The van der Waals surface area contributed by atoms with Crippen LogP contribution < -0.4 is 0 Å². The van der Waals surface area contributed by atoms with Gasteiger partial charge < -0.3 is 38.8 Å². The lowest BCUT2D eigenvalue weighted by atomic mass is 9.82. The topological polar surface area (TPSA) is 158 Å². The highest BCUT2D eigenvalue weighted by atomic mass is 16.7. The largest absolute Gasteiger partial charge is 0.456 e. The second-order valence-corrected chi connectivity index (χ2v) is 17.3. The van der Waals surface area contributed by atoms with Gasteiger partial charge in [-0.25, -0.2) is 4.79 Å². The standard InChI is InChI=1S/C44H73NO11/c1-12-15-33(31(8)46)21-27(4)20-28(5)22-37(53-10)40-38(54-11)24-30(7)44(51,56-40)41(48)42(49)45-19-14-13-16-34(45)43(50)55-39(26(2)3)29(6)23-32-17-18-35(47)36(25-32)52-9/h21,23,26,28,30,32-40,47,51H,12-20,22,24-25H2,1-11H3/b27-21+,29-23+/t28-,30+,32-,33+,34-,35+,36+,37-,38-,39-,40?,44+/m0/s1. The van der Waals surface area contributed by atoms with Gasteiger partial charge in [0.25, 0.3) is 11.7 Å². The van der Waals surface area contributed by atoms with Gasteiger partial charge in [0.05, 0.1) is 24.4 Å². The summed E-state index contributed by atoms with van der Waals surface area (Å²) in [6.07, 6.45) is 7.74. The van der Waals surface area contributed by atoms with Crippen molar-refractivity contribution in [2.24, 2.45) is 29.6 Å². The van der Waals surface area contributed by atoms with E-state index in [0.717, 1.165) is 30.4 Å². The third-order valence-electron chi connectivity index (χ3n) is 12.3. The third kappa shape index (κ3) is 12.3. The molecule has 2 aliphatic heterocycles. The molecule has 320 valence electrons. The summed E-state index contributed by atoms with van der Waals surface area (Å²) in [4.78, 5) is 55.7. The number of hydrogen-bond acceptors (Lipinski definition) is 11. The Kier molecular flexibility index (Phi) is 18.9. The van der Waals surface area contributed by atoms with Crippen LogP contribution in [0.1, 0.15) is 126 Å². The zero-order valence-corrected chi connectivity index (χ0v) is 36.1. The number of piperidine rings is 1. The van der Waals surface area contributed by atoms with E-state index in [-0.39, 0.29) is 48.5 Å². The molecule has 56 heavy (non-hydrogen) atoms. The zero-order valence-electron chi connectivity index (χ0n) is 36.1. The van der Waals surface area contributed by atoms with E-state index in [1.165, 1.54) is 4.90 Å². The molecule has 12 nitrogen and oxygen atoms in total. The smallest absolute Gasteiger partial charge is 0.329 e. The maximum atomic E-state index is 14.2. The van der Waals surface area contributed by atoms with Crippen LogP contribution in [0.25, 0.3) is 0 Å². The van der Waals surface area contributed by atoms with E-state index in [1.807, 2.05) is 27.7 Å². The average Bonchev–Trinajstić information content (AvgIpc) is 3.16. The molecule has 0 bridgehead atoms. The lowest BCUT2D eigenvalue weighted by molar-refractivity contribution is -0.302. The Morgan fingerprint density at radius 1 is 0.964 bits per heavy atom.